The number of ether oxygens (including phenoxy) is 1. The van der Waals surface area contributed by atoms with Crippen LogP contribution in [0, 0.1) is 0 Å². The lowest BCUT2D eigenvalue weighted by atomic mass is 10.1. The Bertz CT molecular complexity index is 897. The minimum Gasteiger partial charge on any atom is -0.375 e. The highest BCUT2D eigenvalue weighted by Crippen LogP contribution is 2.24. The molecule has 1 aromatic carbocycles. The van der Waals surface area contributed by atoms with Gasteiger partial charge in [-0.05, 0) is 31.9 Å². The summed E-state index contributed by atoms with van der Waals surface area (Å²) in [4.78, 5) is 32.0. The molecule has 2 amide bonds. The van der Waals surface area contributed by atoms with E-state index in [4.69, 9.17) is 4.74 Å². The van der Waals surface area contributed by atoms with E-state index in [-0.39, 0.29) is 18.4 Å². The molecule has 0 spiro atoms. The van der Waals surface area contributed by atoms with E-state index in [1.165, 1.54) is 11.8 Å². The maximum absolute atomic E-state index is 13.3. The Morgan fingerprint density at radius 2 is 1.90 bits per heavy atom. The summed E-state index contributed by atoms with van der Waals surface area (Å²) >= 11 is 0. The number of amides is 2. The van der Waals surface area contributed by atoms with Gasteiger partial charge < -0.3 is 14.5 Å². The molecule has 0 bridgehead atoms. The summed E-state index contributed by atoms with van der Waals surface area (Å²) < 4.78 is 6.65. The minimum atomic E-state index is -0.166. The molecule has 2 aromatic rings. The molecule has 0 aliphatic carbocycles. The molecule has 0 atom stereocenters. The number of benzene rings is 1. The third kappa shape index (κ3) is 5.68. The van der Waals surface area contributed by atoms with Gasteiger partial charge in [-0.15, -0.1) is 5.10 Å². The van der Waals surface area contributed by atoms with E-state index < -0.39 is 0 Å². The van der Waals surface area contributed by atoms with Crippen molar-refractivity contribution in [1.29, 1.82) is 0 Å². The minimum absolute atomic E-state index is 0.0183. The summed E-state index contributed by atoms with van der Waals surface area (Å²) in [5, 5.41) is 7.92. The number of carbonyl (C=O) groups is 2. The first-order valence-corrected chi connectivity index (χ1v) is 10.7. The first kappa shape index (κ1) is 22.9. The van der Waals surface area contributed by atoms with Crippen molar-refractivity contribution in [2.75, 3.05) is 44.8 Å². The zero-order chi connectivity index (χ0) is 22.4. The number of aromatic nitrogens is 3. The van der Waals surface area contributed by atoms with Crippen LogP contribution in [0.5, 0.6) is 0 Å². The molecule has 0 fully saturated rings. The van der Waals surface area contributed by atoms with Crippen molar-refractivity contribution in [1.82, 2.24) is 24.8 Å². The zero-order valence-electron chi connectivity index (χ0n) is 18.8. The monoisotopic (exact) mass is 428 g/mol. The molecule has 0 unspecified atom stereocenters. The molecule has 168 valence electrons. The largest absolute Gasteiger partial charge is 0.375 e. The maximum Gasteiger partial charge on any atom is 0.276 e. The quantitative estimate of drug-likeness (QED) is 0.735. The molecule has 9 nitrogen and oxygen atoms in total. The van der Waals surface area contributed by atoms with E-state index in [9.17, 15) is 9.59 Å². The summed E-state index contributed by atoms with van der Waals surface area (Å²) in [5.74, 6) is -0.252. The van der Waals surface area contributed by atoms with Gasteiger partial charge >= 0.3 is 0 Å². The third-order valence-electron chi connectivity index (χ3n) is 5.54. The van der Waals surface area contributed by atoms with E-state index in [0.717, 1.165) is 30.8 Å². The van der Waals surface area contributed by atoms with Crippen LogP contribution in [0.1, 0.15) is 36.3 Å². The number of fused-ring (bicyclic) bond motifs is 1. The van der Waals surface area contributed by atoms with Crippen LogP contribution in [0.4, 0.5) is 5.69 Å². The van der Waals surface area contributed by atoms with Gasteiger partial charge in [0.2, 0.25) is 0 Å². The van der Waals surface area contributed by atoms with Gasteiger partial charge in [0.25, 0.3) is 11.8 Å². The van der Waals surface area contributed by atoms with Gasteiger partial charge in [-0.2, -0.15) is 0 Å². The molecule has 9 heteroatoms. The molecule has 0 saturated heterocycles. The van der Waals surface area contributed by atoms with Crippen LogP contribution in [0.2, 0.25) is 0 Å². The number of hydrogen-bond acceptors (Lipinski definition) is 6. The Labute approximate surface area is 183 Å². The first-order valence-electron chi connectivity index (χ1n) is 10.7. The Morgan fingerprint density at radius 3 is 2.58 bits per heavy atom. The lowest BCUT2D eigenvalue weighted by Gasteiger charge is -2.29. The van der Waals surface area contributed by atoms with Crippen molar-refractivity contribution in [3.8, 4) is 0 Å². The predicted octanol–water partition coefficient (Wildman–Crippen LogP) is 1.55. The third-order valence-corrected chi connectivity index (χ3v) is 5.54. The number of anilines is 1. The van der Waals surface area contributed by atoms with Crippen LogP contribution in [0.3, 0.4) is 0 Å². The van der Waals surface area contributed by atoms with Crippen LogP contribution in [-0.4, -0.2) is 82.5 Å². The number of hydrogen-bond donors (Lipinski definition) is 0. The standard InChI is InChI=1S/C22H32N6O3/c1-17(2)26-10-7-11-28(21(29)16-31-4)20-9-6-5-8-18(20)14-27(13-12-26)22(30)19-15-25(3)24-23-19/h5-6,8-9,15,17H,7,10-14,16H2,1-4H3. The number of rotatable bonds is 4. The lowest BCUT2D eigenvalue weighted by molar-refractivity contribution is -0.122. The summed E-state index contributed by atoms with van der Waals surface area (Å²) in [6.07, 6.45) is 2.47. The highest BCUT2D eigenvalue weighted by molar-refractivity contribution is 5.95. The molecule has 2 heterocycles. The second kappa shape index (κ2) is 10.5. The molecule has 1 aliphatic heterocycles. The normalized spacial score (nSPS) is 16.2. The van der Waals surface area contributed by atoms with Gasteiger partial charge in [-0.3, -0.25) is 19.2 Å². The average Bonchev–Trinajstić information content (AvgIpc) is 3.16. The number of methoxy groups -OCH3 is 1. The first-order chi connectivity index (χ1) is 14.9. The second-order valence-electron chi connectivity index (χ2n) is 8.09. The van der Waals surface area contributed by atoms with Gasteiger partial charge in [-0.25, -0.2) is 0 Å². The van der Waals surface area contributed by atoms with Crippen molar-refractivity contribution in [2.45, 2.75) is 32.9 Å². The Hall–Kier alpha value is -2.78. The summed E-state index contributed by atoms with van der Waals surface area (Å²) in [7, 11) is 3.27. The SMILES string of the molecule is COCC(=O)N1CCCN(C(C)C)CCN(C(=O)c2cn(C)nn2)Cc2ccccc21. The van der Waals surface area contributed by atoms with Crippen LogP contribution >= 0.6 is 0 Å². The molecule has 0 saturated carbocycles. The summed E-state index contributed by atoms with van der Waals surface area (Å²) in [5.41, 5.74) is 2.06. The van der Waals surface area contributed by atoms with Gasteiger partial charge in [0.1, 0.15) is 6.61 Å². The van der Waals surface area contributed by atoms with Gasteiger partial charge in [0.05, 0.1) is 6.20 Å². The molecule has 0 N–H and O–H groups in total. The average molecular weight is 429 g/mol. The summed E-state index contributed by atoms with van der Waals surface area (Å²) in [6.45, 7) is 7.45. The Kier molecular flexibility index (Phi) is 7.75. The second-order valence-corrected chi connectivity index (χ2v) is 8.09. The van der Waals surface area contributed by atoms with E-state index in [2.05, 4.69) is 29.1 Å². The smallest absolute Gasteiger partial charge is 0.276 e. The highest BCUT2D eigenvalue weighted by atomic mass is 16.5. The van der Waals surface area contributed by atoms with Gasteiger partial charge in [-0.1, -0.05) is 23.4 Å². The molecule has 1 aliphatic rings. The fraction of sp³-hybridized carbons (Fsp3) is 0.545. The molecule has 3 rings (SSSR count). The lowest BCUT2D eigenvalue weighted by Crippen LogP contribution is -2.41. The van der Waals surface area contributed by atoms with Crippen molar-refractivity contribution < 1.29 is 14.3 Å². The predicted molar refractivity (Wildman–Crippen MR) is 118 cm³/mol. The van der Waals surface area contributed by atoms with Crippen LogP contribution in [0.25, 0.3) is 0 Å². The Morgan fingerprint density at radius 1 is 1.13 bits per heavy atom. The highest BCUT2D eigenvalue weighted by Gasteiger charge is 2.25. The number of carbonyl (C=O) groups excluding carboxylic acids is 2. The van der Waals surface area contributed by atoms with E-state index in [1.54, 1.807) is 23.0 Å². The van der Waals surface area contributed by atoms with Gasteiger partial charge in [0.15, 0.2) is 5.69 Å². The molecule has 0 radical (unpaired) electrons. The molecular weight excluding hydrogens is 396 g/mol. The van der Waals surface area contributed by atoms with Crippen molar-refractivity contribution >= 4 is 17.5 Å². The topological polar surface area (TPSA) is 83.8 Å². The van der Waals surface area contributed by atoms with Crippen molar-refractivity contribution in [3.05, 3.63) is 41.7 Å². The van der Waals surface area contributed by atoms with Crippen molar-refractivity contribution in [2.24, 2.45) is 7.05 Å². The fourth-order valence-corrected chi connectivity index (χ4v) is 3.86. The van der Waals surface area contributed by atoms with Gasteiger partial charge in [0, 0.05) is 58.6 Å². The molecular formula is C22H32N6O3. The zero-order valence-corrected chi connectivity index (χ0v) is 18.8. The summed E-state index contributed by atoms with van der Waals surface area (Å²) in [6, 6.07) is 8.09. The Balaban J connectivity index is 1.98. The maximum atomic E-state index is 13.3. The van der Waals surface area contributed by atoms with E-state index in [0.29, 0.717) is 31.4 Å². The van der Waals surface area contributed by atoms with Crippen LogP contribution in [-0.2, 0) is 23.1 Å². The molecule has 31 heavy (non-hydrogen) atoms. The van der Waals surface area contributed by atoms with E-state index in [1.807, 2.05) is 24.3 Å². The van der Waals surface area contributed by atoms with E-state index >= 15 is 0 Å². The fourth-order valence-electron chi connectivity index (χ4n) is 3.86. The van der Waals surface area contributed by atoms with Crippen LogP contribution < -0.4 is 4.90 Å². The number of para-hydroxylation sites is 1. The number of nitrogens with zero attached hydrogens (tertiary/aromatic N) is 6. The molecule has 1 aromatic heterocycles. The van der Waals surface area contributed by atoms with Crippen molar-refractivity contribution in [3.63, 3.8) is 0 Å². The van der Waals surface area contributed by atoms with Crippen LogP contribution in [0.15, 0.2) is 30.5 Å². The number of aryl methyl sites for hydroxylation is 1.